The third-order valence-corrected chi connectivity index (χ3v) is 4.56. The SMILES string of the molecule is CC1(C)N/C(=C\C(=O)C2CCCCC2)c2cc(Cl)ccc2O1. The van der Waals surface area contributed by atoms with Gasteiger partial charge in [-0.2, -0.15) is 0 Å². The lowest BCUT2D eigenvalue weighted by Gasteiger charge is -2.36. The first-order valence-electron chi connectivity index (χ1n) is 7.97. The molecule has 0 saturated heterocycles. The van der Waals surface area contributed by atoms with E-state index in [1.807, 2.05) is 32.0 Å². The number of allylic oxidation sites excluding steroid dienone is 1. The van der Waals surface area contributed by atoms with E-state index in [-0.39, 0.29) is 11.7 Å². The zero-order valence-electron chi connectivity index (χ0n) is 13.1. The summed E-state index contributed by atoms with van der Waals surface area (Å²) in [4.78, 5) is 12.6. The number of nitrogens with one attached hydrogen (secondary N) is 1. The summed E-state index contributed by atoms with van der Waals surface area (Å²) < 4.78 is 5.91. The summed E-state index contributed by atoms with van der Waals surface area (Å²) >= 11 is 6.10. The summed E-state index contributed by atoms with van der Waals surface area (Å²) in [7, 11) is 0. The highest BCUT2D eigenvalue weighted by Crippen LogP contribution is 2.36. The number of hydrogen-bond acceptors (Lipinski definition) is 3. The Kier molecular flexibility index (Phi) is 4.18. The van der Waals surface area contributed by atoms with Gasteiger partial charge in [-0.1, -0.05) is 30.9 Å². The van der Waals surface area contributed by atoms with Gasteiger partial charge in [0.1, 0.15) is 5.75 Å². The molecule has 0 atom stereocenters. The van der Waals surface area contributed by atoms with Crippen molar-refractivity contribution in [1.82, 2.24) is 5.32 Å². The molecule has 3 nitrogen and oxygen atoms in total. The minimum absolute atomic E-state index is 0.164. The second-order valence-electron chi connectivity index (χ2n) is 6.67. The van der Waals surface area contributed by atoms with E-state index in [0.29, 0.717) is 5.02 Å². The number of ketones is 1. The third kappa shape index (κ3) is 3.30. The number of hydrogen-bond donors (Lipinski definition) is 1. The Hall–Kier alpha value is -1.48. The molecule has 0 amide bonds. The molecule has 1 N–H and O–H groups in total. The van der Waals surface area contributed by atoms with Crippen LogP contribution in [-0.2, 0) is 4.79 Å². The summed E-state index contributed by atoms with van der Waals surface area (Å²) in [5, 5.41) is 3.94. The number of carbonyl (C=O) groups excluding carboxylic acids is 1. The van der Waals surface area contributed by atoms with Gasteiger partial charge >= 0.3 is 0 Å². The van der Waals surface area contributed by atoms with E-state index in [2.05, 4.69) is 5.32 Å². The van der Waals surface area contributed by atoms with Gasteiger partial charge in [-0.25, -0.2) is 0 Å². The van der Waals surface area contributed by atoms with Crippen molar-refractivity contribution < 1.29 is 9.53 Å². The van der Waals surface area contributed by atoms with Crippen molar-refractivity contribution in [3.63, 3.8) is 0 Å². The maximum absolute atomic E-state index is 12.6. The van der Waals surface area contributed by atoms with Crippen LogP contribution >= 0.6 is 11.6 Å². The van der Waals surface area contributed by atoms with Gasteiger partial charge in [0.2, 0.25) is 0 Å². The number of ether oxygens (including phenoxy) is 1. The molecule has 1 saturated carbocycles. The minimum atomic E-state index is -0.542. The van der Waals surface area contributed by atoms with Gasteiger partial charge in [0.05, 0.1) is 5.70 Å². The molecule has 0 aromatic heterocycles. The summed E-state index contributed by atoms with van der Waals surface area (Å²) in [6, 6.07) is 5.51. The third-order valence-electron chi connectivity index (χ3n) is 4.33. The Morgan fingerprint density at radius 2 is 2.05 bits per heavy atom. The van der Waals surface area contributed by atoms with Crippen molar-refractivity contribution in [1.29, 1.82) is 0 Å². The van der Waals surface area contributed by atoms with E-state index in [9.17, 15) is 4.79 Å². The number of carbonyl (C=O) groups is 1. The standard InChI is InChI=1S/C18H22ClNO2/c1-18(2)20-15(11-16(21)12-6-4-3-5-7-12)14-10-13(19)8-9-17(14)22-18/h8-12,20H,3-7H2,1-2H3/b15-11-. The van der Waals surface area contributed by atoms with E-state index >= 15 is 0 Å². The number of halogens is 1. The van der Waals surface area contributed by atoms with Crippen molar-refractivity contribution in [3.8, 4) is 5.75 Å². The molecule has 4 heteroatoms. The molecule has 2 aliphatic rings. The molecule has 3 rings (SSSR count). The molecular formula is C18H22ClNO2. The van der Waals surface area contributed by atoms with Crippen molar-refractivity contribution >= 4 is 23.1 Å². The zero-order chi connectivity index (χ0) is 15.7. The number of benzene rings is 1. The van der Waals surface area contributed by atoms with Crippen LogP contribution in [0.4, 0.5) is 0 Å². The van der Waals surface area contributed by atoms with Crippen LogP contribution in [0.1, 0.15) is 51.5 Å². The van der Waals surface area contributed by atoms with Crippen molar-refractivity contribution in [3.05, 3.63) is 34.9 Å². The highest BCUT2D eigenvalue weighted by atomic mass is 35.5. The zero-order valence-corrected chi connectivity index (χ0v) is 13.9. The maximum Gasteiger partial charge on any atom is 0.175 e. The number of rotatable bonds is 2. The second-order valence-corrected chi connectivity index (χ2v) is 7.11. The lowest BCUT2D eigenvalue weighted by Crippen LogP contribution is -2.46. The van der Waals surface area contributed by atoms with Crippen LogP contribution < -0.4 is 10.1 Å². The number of fused-ring (bicyclic) bond motifs is 1. The van der Waals surface area contributed by atoms with E-state index in [1.165, 1.54) is 6.42 Å². The van der Waals surface area contributed by atoms with Gasteiger partial charge in [0, 0.05) is 22.6 Å². The molecule has 0 spiro atoms. The minimum Gasteiger partial charge on any atom is -0.468 e. The fourth-order valence-electron chi connectivity index (χ4n) is 3.25. The average Bonchev–Trinajstić information content (AvgIpc) is 2.48. The molecule has 1 aliphatic heterocycles. The fourth-order valence-corrected chi connectivity index (χ4v) is 3.43. The molecule has 1 aromatic carbocycles. The van der Waals surface area contributed by atoms with Crippen molar-refractivity contribution in [2.45, 2.75) is 51.7 Å². The lowest BCUT2D eigenvalue weighted by molar-refractivity contribution is -0.119. The molecule has 0 radical (unpaired) electrons. The first-order valence-corrected chi connectivity index (χ1v) is 8.35. The predicted octanol–water partition coefficient (Wildman–Crippen LogP) is 4.55. The first kappa shape index (κ1) is 15.4. The molecule has 1 heterocycles. The van der Waals surface area contributed by atoms with Crippen LogP contribution in [0.25, 0.3) is 5.70 Å². The van der Waals surface area contributed by atoms with Gasteiger partial charge in [0.25, 0.3) is 0 Å². The quantitative estimate of drug-likeness (QED) is 0.813. The second kappa shape index (κ2) is 5.96. The average molecular weight is 320 g/mol. The largest absolute Gasteiger partial charge is 0.468 e. The van der Waals surface area contributed by atoms with Crippen LogP contribution in [0.2, 0.25) is 5.02 Å². The van der Waals surface area contributed by atoms with Gasteiger partial charge in [0.15, 0.2) is 11.5 Å². The van der Waals surface area contributed by atoms with Crippen LogP contribution in [0.15, 0.2) is 24.3 Å². The van der Waals surface area contributed by atoms with Gasteiger partial charge in [-0.05, 0) is 44.9 Å². The Morgan fingerprint density at radius 3 is 2.77 bits per heavy atom. The lowest BCUT2D eigenvalue weighted by atomic mass is 9.85. The Morgan fingerprint density at radius 1 is 1.32 bits per heavy atom. The van der Waals surface area contributed by atoms with Crippen LogP contribution in [0, 0.1) is 5.92 Å². The monoisotopic (exact) mass is 319 g/mol. The molecule has 0 unspecified atom stereocenters. The van der Waals surface area contributed by atoms with E-state index in [4.69, 9.17) is 16.3 Å². The summed E-state index contributed by atoms with van der Waals surface area (Å²) in [5.41, 5.74) is 1.12. The Balaban J connectivity index is 1.93. The van der Waals surface area contributed by atoms with Crippen molar-refractivity contribution in [2.75, 3.05) is 0 Å². The van der Waals surface area contributed by atoms with E-state index in [0.717, 1.165) is 42.7 Å². The molecule has 0 bridgehead atoms. The van der Waals surface area contributed by atoms with Gasteiger partial charge < -0.3 is 10.1 Å². The summed E-state index contributed by atoms with van der Waals surface area (Å²) in [5.74, 6) is 1.14. The molecule has 1 aliphatic carbocycles. The first-order chi connectivity index (χ1) is 10.4. The van der Waals surface area contributed by atoms with Crippen LogP contribution in [0.3, 0.4) is 0 Å². The normalized spacial score (nSPS) is 22.6. The predicted molar refractivity (Wildman–Crippen MR) is 88.9 cm³/mol. The Labute approximate surface area is 136 Å². The van der Waals surface area contributed by atoms with Crippen LogP contribution in [0.5, 0.6) is 5.75 Å². The molecule has 22 heavy (non-hydrogen) atoms. The maximum atomic E-state index is 12.6. The highest BCUT2D eigenvalue weighted by molar-refractivity contribution is 6.30. The fraction of sp³-hybridized carbons (Fsp3) is 0.500. The summed E-state index contributed by atoms with van der Waals surface area (Å²) in [6.45, 7) is 3.90. The van der Waals surface area contributed by atoms with E-state index < -0.39 is 5.72 Å². The molecule has 118 valence electrons. The topological polar surface area (TPSA) is 38.3 Å². The molecular weight excluding hydrogens is 298 g/mol. The smallest absolute Gasteiger partial charge is 0.175 e. The summed E-state index contributed by atoms with van der Waals surface area (Å²) in [6.07, 6.45) is 7.32. The van der Waals surface area contributed by atoms with Gasteiger partial charge in [-0.3, -0.25) is 4.79 Å². The highest BCUT2D eigenvalue weighted by Gasteiger charge is 2.30. The Bertz CT molecular complexity index is 616. The molecule has 1 fully saturated rings. The van der Waals surface area contributed by atoms with Crippen molar-refractivity contribution in [2.24, 2.45) is 5.92 Å². The van der Waals surface area contributed by atoms with E-state index in [1.54, 1.807) is 6.08 Å². The van der Waals surface area contributed by atoms with Gasteiger partial charge in [-0.15, -0.1) is 0 Å². The molecule has 1 aromatic rings. The van der Waals surface area contributed by atoms with Crippen LogP contribution in [-0.4, -0.2) is 11.5 Å².